The second-order valence-electron chi connectivity index (χ2n) is 6.84. The quantitative estimate of drug-likeness (QED) is 0.472. The number of aromatic nitrogens is 1. The summed E-state index contributed by atoms with van der Waals surface area (Å²) in [5.74, 6) is 1.63. The third-order valence-corrected chi connectivity index (χ3v) is 5.07. The molecule has 4 rings (SSSR count). The van der Waals surface area contributed by atoms with Gasteiger partial charge in [0.1, 0.15) is 11.5 Å². The highest BCUT2D eigenvalue weighted by Crippen LogP contribution is 2.33. The van der Waals surface area contributed by atoms with Gasteiger partial charge in [0.25, 0.3) is 5.69 Å². The predicted octanol–water partition coefficient (Wildman–Crippen LogP) is 4.98. The third kappa shape index (κ3) is 3.90. The molecule has 3 aromatic rings. The maximum Gasteiger partial charge on any atom is 0.269 e. The van der Waals surface area contributed by atoms with Gasteiger partial charge in [0, 0.05) is 36.1 Å². The summed E-state index contributed by atoms with van der Waals surface area (Å²) in [6.45, 7) is 1.78. The van der Waals surface area contributed by atoms with E-state index < -0.39 is 4.92 Å². The number of non-ortho nitro benzene ring substituents is 1. The highest BCUT2D eigenvalue weighted by molar-refractivity contribution is 5.59. The van der Waals surface area contributed by atoms with Crippen LogP contribution in [0.25, 0.3) is 11.3 Å². The van der Waals surface area contributed by atoms with E-state index in [-0.39, 0.29) is 5.69 Å². The monoisotopic (exact) mass is 363 g/mol. The number of benzene rings is 1. The fourth-order valence-corrected chi connectivity index (χ4v) is 3.70. The predicted molar refractivity (Wildman–Crippen MR) is 102 cm³/mol. The van der Waals surface area contributed by atoms with Crippen LogP contribution in [0.1, 0.15) is 36.6 Å². The number of likely N-dealkylation sites (tertiary alicyclic amines) is 1. The molecule has 1 aromatic carbocycles. The molecule has 0 aliphatic carbocycles. The van der Waals surface area contributed by atoms with E-state index in [9.17, 15) is 10.1 Å². The molecule has 1 saturated heterocycles. The maximum atomic E-state index is 10.8. The van der Waals surface area contributed by atoms with Crippen LogP contribution < -0.4 is 0 Å². The fourth-order valence-electron chi connectivity index (χ4n) is 3.70. The summed E-state index contributed by atoms with van der Waals surface area (Å²) >= 11 is 0. The van der Waals surface area contributed by atoms with E-state index in [2.05, 4.69) is 16.0 Å². The number of nitro benzene ring substituents is 1. The Balaban J connectivity index is 1.50. The van der Waals surface area contributed by atoms with Gasteiger partial charge in [0.2, 0.25) is 0 Å². The summed E-state index contributed by atoms with van der Waals surface area (Å²) in [6.07, 6.45) is 7.30. The summed E-state index contributed by atoms with van der Waals surface area (Å²) in [7, 11) is 0. The van der Waals surface area contributed by atoms with Crippen LogP contribution in [0.4, 0.5) is 5.69 Å². The molecular weight excluding hydrogens is 342 g/mol. The van der Waals surface area contributed by atoms with Gasteiger partial charge in [-0.3, -0.25) is 20.0 Å². The lowest BCUT2D eigenvalue weighted by Crippen LogP contribution is -2.32. The lowest BCUT2D eigenvalue weighted by atomic mass is 9.96. The average Bonchev–Trinajstić information content (AvgIpc) is 3.18. The van der Waals surface area contributed by atoms with Crippen molar-refractivity contribution in [2.45, 2.75) is 31.8 Å². The van der Waals surface area contributed by atoms with Crippen LogP contribution >= 0.6 is 0 Å². The first kappa shape index (κ1) is 17.4. The molecule has 0 unspecified atom stereocenters. The van der Waals surface area contributed by atoms with Crippen LogP contribution in [0.5, 0.6) is 0 Å². The number of hydrogen-bond donors (Lipinski definition) is 0. The lowest BCUT2D eigenvalue weighted by Gasteiger charge is -2.35. The molecule has 0 N–H and O–H groups in total. The SMILES string of the molecule is O=[N+]([O-])c1ccc(-c2ccc(CN3CCCC[C@@H]3c3cccnc3)o2)cc1. The molecule has 1 atom stereocenters. The summed E-state index contributed by atoms with van der Waals surface area (Å²) < 4.78 is 6.03. The Labute approximate surface area is 157 Å². The van der Waals surface area contributed by atoms with Crippen LogP contribution in [0.3, 0.4) is 0 Å². The van der Waals surface area contributed by atoms with Crippen LogP contribution in [-0.2, 0) is 6.54 Å². The van der Waals surface area contributed by atoms with E-state index in [1.807, 2.05) is 24.4 Å². The van der Waals surface area contributed by atoms with Crippen LogP contribution in [0, 0.1) is 10.1 Å². The Kier molecular flexibility index (Phi) is 4.98. The van der Waals surface area contributed by atoms with E-state index in [0.29, 0.717) is 6.04 Å². The first-order valence-electron chi connectivity index (χ1n) is 9.18. The molecule has 6 nitrogen and oxygen atoms in total. The Morgan fingerprint density at radius 1 is 1.15 bits per heavy atom. The largest absolute Gasteiger partial charge is 0.460 e. The number of rotatable bonds is 5. The summed E-state index contributed by atoms with van der Waals surface area (Å²) in [4.78, 5) is 17.1. The minimum atomic E-state index is -0.397. The smallest absolute Gasteiger partial charge is 0.269 e. The van der Waals surface area contributed by atoms with Gasteiger partial charge in [-0.05, 0) is 55.3 Å². The molecule has 1 aliphatic heterocycles. The van der Waals surface area contributed by atoms with Gasteiger partial charge in [-0.25, -0.2) is 0 Å². The summed E-state index contributed by atoms with van der Waals surface area (Å²) in [5.41, 5.74) is 2.17. The van der Waals surface area contributed by atoms with Crippen molar-refractivity contribution in [3.63, 3.8) is 0 Å². The van der Waals surface area contributed by atoms with Crippen molar-refractivity contribution in [1.29, 1.82) is 0 Å². The van der Waals surface area contributed by atoms with Crippen molar-refractivity contribution in [3.8, 4) is 11.3 Å². The average molecular weight is 363 g/mol. The van der Waals surface area contributed by atoms with E-state index in [0.717, 1.165) is 36.6 Å². The molecule has 27 heavy (non-hydrogen) atoms. The van der Waals surface area contributed by atoms with Gasteiger partial charge in [-0.1, -0.05) is 12.5 Å². The van der Waals surface area contributed by atoms with Gasteiger partial charge in [-0.2, -0.15) is 0 Å². The number of nitrogens with zero attached hydrogens (tertiary/aromatic N) is 3. The zero-order valence-corrected chi connectivity index (χ0v) is 15.0. The molecular formula is C21H21N3O3. The topological polar surface area (TPSA) is 72.4 Å². The number of nitro groups is 1. The van der Waals surface area contributed by atoms with E-state index in [1.54, 1.807) is 18.3 Å². The maximum absolute atomic E-state index is 10.8. The van der Waals surface area contributed by atoms with Crippen molar-refractivity contribution < 1.29 is 9.34 Å². The molecule has 0 radical (unpaired) electrons. The molecule has 3 heterocycles. The molecule has 0 spiro atoms. The first-order chi connectivity index (χ1) is 13.2. The van der Waals surface area contributed by atoms with Gasteiger partial charge >= 0.3 is 0 Å². The van der Waals surface area contributed by atoms with Crippen molar-refractivity contribution in [3.05, 3.63) is 82.4 Å². The number of piperidine rings is 1. The Morgan fingerprint density at radius 3 is 2.74 bits per heavy atom. The third-order valence-electron chi connectivity index (χ3n) is 5.07. The van der Waals surface area contributed by atoms with E-state index in [4.69, 9.17) is 4.42 Å². The number of hydrogen-bond acceptors (Lipinski definition) is 5. The van der Waals surface area contributed by atoms with Gasteiger partial charge in [0.05, 0.1) is 11.5 Å². The second-order valence-corrected chi connectivity index (χ2v) is 6.84. The first-order valence-corrected chi connectivity index (χ1v) is 9.18. The standard InChI is InChI=1S/C21H21N3O3/c25-24(26)18-8-6-16(7-9-18)21-11-10-19(27-21)15-23-13-2-1-5-20(23)17-4-3-12-22-14-17/h3-4,6-12,14,20H,1-2,5,13,15H2/t20-/m1/s1. The second kappa shape index (κ2) is 7.72. The van der Waals surface area contributed by atoms with Crippen LogP contribution in [0.15, 0.2) is 65.3 Å². The Hall–Kier alpha value is -2.99. The van der Waals surface area contributed by atoms with Gasteiger partial charge < -0.3 is 4.42 Å². The zero-order chi connectivity index (χ0) is 18.6. The normalized spacial score (nSPS) is 17.7. The highest BCUT2D eigenvalue weighted by Gasteiger charge is 2.25. The van der Waals surface area contributed by atoms with E-state index >= 15 is 0 Å². The fraction of sp³-hybridized carbons (Fsp3) is 0.286. The van der Waals surface area contributed by atoms with E-state index in [1.165, 1.54) is 30.5 Å². The Morgan fingerprint density at radius 2 is 2.00 bits per heavy atom. The molecule has 0 amide bonds. The highest BCUT2D eigenvalue weighted by atomic mass is 16.6. The van der Waals surface area contributed by atoms with Crippen molar-refractivity contribution in [1.82, 2.24) is 9.88 Å². The molecule has 6 heteroatoms. The molecule has 1 fully saturated rings. The molecule has 1 aliphatic rings. The number of pyridine rings is 1. The van der Waals surface area contributed by atoms with Gasteiger partial charge in [-0.15, -0.1) is 0 Å². The zero-order valence-electron chi connectivity index (χ0n) is 15.0. The summed E-state index contributed by atoms with van der Waals surface area (Å²) in [5, 5.41) is 10.8. The molecule has 2 aromatic heterocycles. The molecule has 0 bridgehead atoms. The van der Waals surface area contributed by atoms with Crippen LogP contribution in [0.2, 0.25) is 0 Å². The van der Waals surface area contributed by atoms with Crippen molar-refractivity contribution >= 4 is 5.69 Å². The Bertz CT molecular complexity index is 906. The lowest BCUT2D eigenvalue weighted by molar-refractivity contribution is -0.384. The van der Waals surface area contributed by atoms with Gasteiger partial charge in [0.15, 0.2) is 0 Å². The molecule has 138 valence electrons. The van der Waals surface area contributed by atoms with Crippen LogP contribution in [-0.4, -0.2) is 21.4 Å². The minimum absolute atomic E-state index is 0.0816. The van der Waals surface area contributed by atoms with Crippen molar-refractivity contribution in [2.75, 3.05) is 6.54 Å². The number of furan rings is 1. The summed E-state index contributed by atoms with van der Waals surface area (Å²) in [6, 6.07) is 14.9. The van der Waals surface area contributed by atoms with Crippen molar-refractivity contribution in [2.24, 2.45) is 0 Å². The minimum Gasteiger partial charge on any atom is -0.460 e. The molecule has 0 saturated carbocycles.